The van der Waals surface area contributed by atoms with E-state index in [1.165, 1.54) is 0 Å². The van der Waals surface area contributed by atoms with Crippen LogP contribution in [0.25, 0.3) is 10.9 Å². The van der Waals surface area contributed by atoms with Gasteiger partial charge in [0.05, 0.1) is 11.6 Å². The van der Waals surface area contributed by atoms with Crippen LogP contribution >= 0.6 is 11.6 Å². The molecule has 0 saturated heterocycles. The summed E-state index contributed by atoms with van der Waals surface area (Å²) in [5.74, 6) is 0.0815. The van der Waals surface area contributed by atoms with E-state index in [1.807, 2.05) is 65.1 Å². The second kappa shape index (κ2) is 4.59. The summed E-state index contributed by atoms with van der Waals surface area (Å²) >= 11 is 6.18. The van der Waals surface area contributed by atoms with Crippen molar-refractivity contribution in [1.82, 2.24) is 9.13 Å². The molecule has 0 unspecified atom stereocenters. The van der Waals surface area contributed by atoms with Crippen molar-refractivity contribution in [3.8, 4) is 0 Å². The molecular formula is C15H13ClN2O. The number of carbonyl (C=O) groups is 1. The lowest BCUT2D eigenvalue weighted by Crippen LogP contribution is -2.08. The number of benzene rings is 1. The average molecular weight is 273 g/mol. The van der Waals surface area contributed by atoms with E-state index in [-0.39, 0.29) is 5.78 Å². The molecule has 0 amide bonds. The van der Waals surface area contributed by atoms with E-state index in [1.54, 1.807) is 0 Å². The van der Waals surface area contributed by atoms with Crippen LogP contribution in [0.1, 0.15) is 10.4 Å². The van der Waals surface area contributed by atoms with Gasteiger partial charge in [0, 0.05) is 42.1 Å². The number of aryl methyl sites for hydroxylation is 1. The van der Waals surface area contributed by atoms with Gasteiger partial charge in [0.2, 0.25) is 0 Å². The predicted molar refractivity (Wildman–Crippen MR) is 76.7 cm³/mol. The summed E-state index contributed by atoms with van der Waals surface area (Å²) in [6.07, 6.45) is 5.51. The Hall–Kier alpha value is -2.00. The van der Waals surface area contributed by atoms with Crippen LogP contribution in [-0.2, 0) is 13.6 Å². The quantitative estimate of drug-likeness (QED) is 0.670. The summed E-state index contributed by atoms with van der Waals surface area (Å²) in [7, 11) is 1.90. The van der Waals surface area contributed by atoms with Crippen molar-refractivity contribution in [3.05, 3.63) is 59.5 Å². The molecule has 0 saturated carbocycles. The van der Waals surface area contributed by atoms with E-state index in [9.17, 15) is 4.79 Å². The molecule has 0 spiro atoms. The van der Waals surface area contributed by atoms with Crippen molar-refractivity contribution in [3.63, 3.8) is 0 Å². The number of fused-ring (bicyclic) bond motifs is 1. The standard InChI is InChI=1S/C15H13ClN2O/c1-17-7-6-11(8-17)15(19)10-18-9-13(16)12-4-2-3-5-14(12)18/h2-9H,10H2,1H3. The van der Waals surface area contributed by atoms with Crippen LogP contribution in [0.3, 0.4) is 0 Å². The van der Waals surface area contributed by atoms with Crippen LogP contribution in [0.2, 0.25) is 5.02 Å². The normalized spacial score (nSPS) is 11.1. The van der Waals surface area contributed by atoms with Gasteiger partial charge in [-0.1, -0.05) is 29.8 Å². The molecule has 96 valence electrons. The van der Waals surface area contributed by atoms with Gasteiger partial charge < -0.3 is 9.13 Å². The van der Waals surface area contributed by atoms with Gasteiger partial charge in [-0.05, 0) is 12.1 Å². The number of Topliss-reactive ketones (excluding diaryl/α,β-unsaturated/α-hetero) is 1. The Kier molecular flexibility index (Phi) is 2.91. The molecule has 0 aliphatic carbocycles. The Morgan fingerprint density at radius 1 is 1.21 bits per heavy atom. The molecule has 1 aromatic carbocycles. The molecule has 0 atom stereocenters. The highest BCUT2D eigenvalue weighted by Gasteiger charge is 2.11. The Labute approximate surface area is 116 Å². The monoisotopic (exact) mass is 272 g/mol. The Morgan fingerprint density at radius 2 is 2.00 bits per heavy atom. The lowest BCUT2D eigenvalue weighted by Gasteiger charge is -2.03. The summed E-state index contributed by atoms with van der Waals surface area (Å²) in [6.45, 7) is 0.303. The summed E-state index contributed by atoms with van der Waals surface area (Å²) in [4.78, 5) is 12.2. The van der Waals surface area contributed by atoms with E-state index >= 15 is 0 Å². The summed E-state index contributed by atoms with van der Waals surface area (Å²) in [5, 5.41) is 1.65. The first-order valence-electron chi connectivity index (χ1n) is 6.04. The molecule has 19 heavy (non-hydrogen) atoms. The lowest BCUT2D eigenvalue weighted by atomic mass is 10.2. The number of rotatable bonds is 3. The number of hydrogen-bond donors (Lipinski definition) is 0. The minimum atomic E-state index is 0.0815. The summed E-state index contributed by atoms with van der Waals surface area (Å²) < 4.78 is 3.76. The first-order chi connectivity index (χ1) is 9.15. The zero-order valence-corrected chi connectivity index (χ0v) is 11.3. The fourth-order valence-corrected chi connectivity index (χ4v) is 2.52. The van der Waals surface area contributed by atoms with E-state index in [0.717, 1.165) is 16.5 Å². The van der Waals surface area contributed by atoms with Gasteiger partial charge in [0.25, 0.3) is 0 Å². The van der Waals surface area contributed by atoms with E-state index in [0.29, 0.717) is 11.6 Å². The number of halogens is 1. The van der Waals surface area contributed by atoms with E-state index in [4.69, 9.17) is 11.6 Å². The van der Waals surface area contributed by atoms with Gasteiger partial charge in [-0.25, -0.2) is 0 Å². The molecule has 3 aromatic rings. The molecule has 0 N–H and O–H groups in total. The van der Waals surface area contributed by atoms with Crippen LogP contribution in [0.4, 0.5) is 0 Å². The second-order valence-corrected chi connectivity index (χ2v) is 5.02. The molecule has 3 rings (SSSR count). The third kappa shape index (κ3) is 2.17. The maximum atomic E-state index is 12.2. The van der Waals surface area contributed by atoms with Gasteiger partial charge in [-0.3, -0.25) is 4.79 Å². The number of hydrogen-bond acceptors (Lipinski definition) is 1. The predicted octanol–water partition coefficient (Wildman–Crippen LogP) is 3.52. The molecule has 0 radical (unpaired) electrons. The van der Waals surface area contributed by atoms with Crippen LogP contribution in [-0.4, -0.2) is 14.9 Å². The van der Waals surface area contributed by atoms with Gasteiger partial charge in [0.1, 0.15) is 0 Å². The third-order valence-corrected chi connectivity index (χ3v) is 3.51. The molecule has 2 heterocycles. The topological polar surface area (TPSA) is 26.9 Å². The van der Waals surface area contributed by atoms with Crippen LogP contribution in [0.15, 0.2) is 48.9 Å². The smallest absolute Gasteiger partial charge is 0.184 e. The fourth-order valence-electron chi connectivity index (χ4n) is 2.25. The molecular weight excluding hydrogens is 260 g/mol. The summed E-state index contributed by atoms with van der Waals surface area (Å²) in [5.41, 5.74) is 1.70. The Morgan fingerprint density at radius 3 is 2.74 bits per heavy atom. The van der Waals surface area contributed by atoms with E-state index in [2.05, 4.69) is 0 Å². The van der Waals surface area contributed by atoms with Crippen molar-refractivity contribution in [2.75, 3.05) is 0 Å². The Balaban J connectivity index is 1.95. The summed E-state index contributed by atoms with van der Waals surface area (Å²) in [6, 6.07) is 9.65. The van der Waals surface area contributed by atoms with Crippen molar-refractivity contribution in [2.45, 2.75) is 6.54 Å². The third-order valence-electron chi connectivity index (χ3n) is 3.21. The molecule has 2 aromatic heterocycles. The minimum Gasteiger partial charge on any atom is -0.357 e. The molecule has 0 fully saturated rings. The second-order valence-electron chi connectivity index (χ2n) is 4.61. The number of carbonyl (C=O) groups excluding carboxylic acids is 1. The average Bonchev–Trinajstić information content (AvgIpc) is 2.96. The first kappa shape index (κ1) is 12.1. The Bertz CT molecular complexity index is 754. The van der Waals surface area contributed by atoms with Crippen LogP contribution in [0, 0.1) is 0 Å². The fraction of sp³-hybridized carbons (Fsp3) is 0.133. The highest BCUT2D eigenvalue weighted by Crippen LogP contribution is 2.25. The van der Waals surface area contributed by atoms with Crippen molar-refractivity contribution < 1.29 is 4.79 Å². The van der Waals surface area contributed by atoms with Gasteiger partial charge in [0.15, 0.2) is 5.78 Å². The number of nitrogens with zero attached hydrogens (tertiary/aromatic N) is 2. The molecule has 4 heteroatoms. The molecule has 3 nitrogen and oxygen atoms in total. The highest BCUT2D eigenvalue weighted by molar-refractivity contribution is 6.35. The molecule has 0 bridgehead atoms. The highest BCUT2D eigenvalue weighted by atomic mass is 35.5. The minimum absolute atomic E-state index is 0.0815. The van der Waals surface area contributed by atoms with Crippen LogP contribution < -0.4 is 0 Å². The van der Waals surface area contributed by atoms with Gasteiger partial charge in [-0.2, -0.15) is 0 Å². The van der Waals surface area contributed by atoms with Gasteiger partial charge in [-0.15, -0.1) is 0 Å². The van der Waals surface area contributed by atoms with E-state index < -0.39 is 0 Å². The largest absolute Gasteiger partial charge is 0.357 e. The number of ketones is 1. The number of para-hydroxylation sites is 1. The van der Waals surface area contributed by atoms with Crippen molar-refractivity contribution in [1.29, 1.82) is 0 Å². The lowest BCUT2D eigenvalue weighted by molar-refractivity contribution is 0.0973. The number of aromatic nitrogens is 2. The maximum absolute atomic E-state index is 12.2. The zero-order valence-electron chi connectivity index (χ0n) is 10.5. The zero-order chi connectivity index (χ0) is 13.4. The first-order valence-corrected chi connectivity index (χ1v) is 6.41. The van der Waals surface area contributed by atoms with Crippen molar-refractivity contribution in [2.24, 2.45) is 7.05 Å². The molecule has 0 aliphatic heterocycles. The van der Waals surface area contributed by atoms with Crippen LogP contribution in [0.5, 0.6) is 0 Å². The SMILES string of the molecule is Cn1ccc(C(=O)Cn2cc(Cl)c3ccccc32)c1. The molecule has 0 aliphatic rings. The maximum Gasteiger partial charge on any atom is 0.184 e. The van der Waals surface area contributed by atoms with Gasteiger partial charge >= 0.3 is 0 Å². The van der Waals surface area contributed by atoms with Crippen molar-refractivity contribution >= 4 is 28.3 Å².